The van der Waals surface area contributed by atoms with Crippen LogP contribution in [0, 0.1) is 0 Å². The second-order valence-electron chi connectivity index (χ2n) is 10.7. The molecular formula is C32H35ClN4O4. The minimum absolute atomic E-state index is 0.103. The van der Waals surface area contributed by atoms with Crippen molar-refractivity contribution in [2.45, 2.75) is 46.4 Å². The molecule has 4 rings (SSSR count). The first-order valence-corrected chi connectivity index (χ1v) is 13.8. The Morgan fingerprint density at radius 3 is 2.39 bits per heavy atom. The molecular weight excluding hydrogens is 540 g/mol. The van der Waals surface area contributed by atoms with Crippen LogP contribution in [-0.4, -0.2) is 33.7 Å². The van der Waals surface area contributed by atoms with E-state index in [1.54, 1.807) is 40.8 Å². The van der Waals surface area contributed by atoms with Crippen LogP contribution in [0.1, 0.15) is 39.0 Å². The number of halogens is 1. The monoisotopic (exact) mass is 574 g/mol. The fraction of sp³-hybridized carbons (Fsp3) is 0.281. The summed E-state index contributed by atoms with van der Waals surface area (Å²) in [5.41, 5.74) is 3.04. The number of hydrogen-bond acceptors (Lipinski definition) is 4. The Morgan fingerprint density at radius 1 is 0.976 bits per heavy atom. The lowest BCUT2D eigenvalue weighted by Gasteiger charge is -2.26. The number of carbonyl (C=O) groups excluding carboxylic acids is 2. The number of amides is 3. The van der Waals surface area contributed by atoms with Gasteiger partial charge in [-0.25, -0.2) is 9.59 Å². The second kappa shape index (κ2) is 12.5. The molecule has 0 atom stereocenters. The lowest BCUT2D eigenvalue weighted by Crippen LogP contribution is -2.36. The van der Waals surface area contributed by atoms with E-state index in [0.29, 0.717) is 34.9 Å². The van der Waals surface area contributed by atoms with E-state index in [-0.39, 0.29) is 12.1 Å². The van der Waals surface area contributed by atoms with Crippen molar-refractivity contribution >= 4 is 40.2 Å². The molecule has 3 amide bonds. The molecule has 2 N–H and O–H groups in total. The van der Waals surface area contributed by atoms with Gasteiger partial charge in [0.2, 0.25) is 0 Å². The van der Waals surface area contributed by atoms with Gasteiger partial charge in [-0.05, 0) is 74.5 Å². The van der Waals surface area contributed by atoms with Crippen LogP contribution in [0.5, 0.6) is 0 Å². The number of benzene rings is 3. The summed E-state index contributed by atoms with van der Waals surface area (Å²) >= 11 is 6.32. The molecule has 0 fully saturated rings. The van der Waals surface area contributed by atoms with Gasteiger partial charge >= 0.3 is 12.1 Å². The number of aromatic nitrogens is 1. The van der Waals surface area contributed by atoms with Crippen molar-refractivity contribution in [1.29, 1.82) is 0 Å². The summed E-state index contributed by atoms with van der Waals surface area (Å²) in [5, 5.41) is 7.55. The van der Waals surface area contributed by atoms with E-state index in [1.165, 1.54) is 0 Å². The van der Waals surface area contributed by atoms with Crippen molar-refractivity contribution in [2.24, 2.45) is 7.05 Å². The predicted octanol–water partition coefficient (Wildman–Crippen LogP) is 6.94. The van der Waals surface area contributed by atoms with Crippen LogP contribution < -0.4 is 16.2 Å². The number of nitrogens with zero attached hydrogens (tertiary/aromatic N) is 2. The van der Waals surface area contributed by atoms with Gasteiger partial charge in [-0.15, -0.1) is 0 Å². The van der Waals surface area contributed by atoms with Crippen molar-refractivity contribution < 1.29 is 14.3 Å². The highest BCUT2D eigenvalue weighted by molar-refractivity contribution is 6.31. The van der Waals surface area contributed by atoms with Crippen LogP contribution in [0.3, 0.4) is 0 Å². The number of carbonyl (C=O) groups is 2. The van der Waals surface area contributed by atoms with Crippen LogP contribution in [0.25, 0.3) is 21.9 Å². The molecule has 1 heterocycles. The molecule has 0 bridgehead atoms. The number of rotatable bonds is 7. The van der Waals surface area contributed by atoms with Crippen molar-refractivity contribution in [1.82, 2.24) is 14.8 Å². The minimum atomic E-state index is -0.590. The predicted molar refractivity (Wildman–Crippen MR) is 164 cm³/mol. The third-order valence-corrected chi connectivity index (χ3v) is 6.79. The summed E-state index contributed by atoms with van der Waals surface area (Å²) in [4.78, 5) is 40.3. The van der Waals surface area contributed by atoms with Crippen LogP contribution >= 0.6 is 11.6 Å². The first kappa shape index (κ1) is 29.7. The summed E-state index contributed by atoms with van der Waals surface area (Å²) in [5.74, 6) is 0. The molecule has 8 nitrogen and oxygen atoms in total. The molecule has 0 aliphatic heterocycles. The van der Waals surface area contributed by atoms with Crippen LogP contribution in [-0.2, 0) is 24.9 Å². The molecule has 0 spiro atoms. The Balaban J connectivity index is 1.54. The van der Waals surface area contributed by atoms with Gasteiger partial charge < -0.3 is 24.8 Å². The summed E-state index contributed by atoms with van der Waals surface area (Å²) in [6, 6.07) is 21.8. The van der Waals surface area contributed by atoms with E-state index >= 15 is 0 Å². The number of anilines is 1. The number of pyridine rings is 1. The molecule has 0 radical (unpaired) electrons. The van der Waals surface area contributed by atoms with Crippen molar-refractivity contribution in [2.75, 3.05) is 11.9 Å². The van der Waals surface area contributed by atoms with Crippen LogP contribution in [0.4, 0.5) is 15.3 Å². The Morgan fingerprint density at radius 2 is 1.71 bits per heavy atom. The number of fused-ring (bicyclic) bond motifs is 1. The third-order valence-electron chi connectivity index (χ3n) is 6.55. The largest absolute Gasteiger partial charge is 0.444 e. The first-order chi connectivity index (χ1) is 19.5. The van der Waals surface area contributed by atoms with E-state index in [1.807, 2.05) is 76.2 Å². The molecule has 0 unspecified atom stereocenters. The average molecular weight is 575 g/mol. The van der Waals surface area contributed by atoms with Crippen molar-refractivity contribution in [3.05, 3.63) is 99.4 Å². The maximum Gasteiger partial charge on any atom is 0.410 e. The van der Waals surface area contributed by atoms with E-state index in [2.05, 4.69) is 10.6 Å². The molecule has 4 aromatic rings. The zero-order valence-electron chi connectivity index (χ0n) is 24.0. The third kappa shape index (κ3) is 7.27. The lowest BCUT2D eigenvalue weighted by atomic mass is 9.96. The minimum Gasteiger partial charge on any atom is -0.444 e. The molecule has 214 valence electrons. The van der Waals surface area contributed by atoms with Gasteiger partial charge in [0.05, 0.1) is 6.54 Å². The number of urea groups is 1. The molecule has 0 saturated carbocycles. The Labute approximate surface area is 244 Å². The highest BCUT2D eigenvalue weighted by atomic mass is 35.5. The summed E-state index contributed by atoms with van der Waals surface area (Å²) in [6.45, 7) is 8.29. The average Bonchev–Trinajstić information content (AvgIpc) is 2.92. The Bertz CT molecular complexity index is 1630. The maximum absolute atomic E-state index is 13.2. The number of nitrogens with one attached hydrogen (secondary N) is 2. The lowest BCUT2D eigenvalue weighted by molar-refractivity contribution is 0.0244. The zero-order valence-corrected chi connectivity index (χ0v) is 24.7. The van der Waals surface area contributed by atoms with Gasteiger partial charge in [0.15, 0.2) is 0 Å². The molecule has 1 aromatic heterocycles. The normalized spacial score (nSPS) is 11.3. The van der Waals surface area contributed by atoms with Crippen molar-refractivity contribution in [3.63, 3.8) is 0 Å². The van der Waals surface area contributed by atoms with Gasteiger partial charge in [-0.2, -0.15) is 0 Å². The SMILES string of the molecule is CCN(Cc1cccc(NC(=O)NCc2c(-c3ccccc3)c3cc(Cl)ccc3c(=O)n2C)c1)C(=O)OC(C)(C)C. The molecule has 0 aliphatic carbocycles. The fourth-order valence-corrected chi connectivity index (χ4v) is 4.78. The van der Waals surface area contributed by atoms with Crippen LogP contribution in [0.15, 0.2) is 77.6 Å². The molecule has 0 saturated heterocycles. The standard InChI is InChI=1S/C32H35ClN4O4/c1-6-37(31(40)41-32(2,3)4)20-21-11-10-14-24(17-21)35-30(39)34-19-27-28(22-12-8-7-9-13-22)26-18-23(33)15-16-25(26)29(38)36(27)5/h7-18H,6,19-20H2,1-5H3,(H2,34,35,39). The smallest absolute Gasteiger partial charge is 0.410 e. The van der Waals surface area contributed by atoms with Crippen LogP contribution in [0.2, 0.25) is 5.02 Å². The fourth-order valence-electron chi connectivity index (χ4n) is 4.61. The van der Waals surface area contributed by atoms with Gasteiger partial charge in [0.1, 0.15) is 5.60 Å². The van der Waals surface area contributed by atoms with E-state index in [0.717, 1.165) is 22.1 Å². The Hall–Kier alpha value is -4.30. The van der Waals surface area contributed by atoms with Crippen molar-refractivity contribution in [3.8, 4) is 11.1 Å². The maximum atomic E-state index is 13.2. The first-order valence-electron chi connectivity index (χ1n) is 13.4. The topological polar surface area (TPSA) is 92.7 Å². The molecule has 0 aliphatic rings. The number of ether oxygens (including phenoxy) is 1. The highest BCUT2D eigenvalue weighted by Crippen LogP contribution is 2.32. The summed E-state index contributed by atoms with van der Waals surface area (Å²) < 4.78 is 7.07. The second-order valence-corrected chi connectivity index (χ2v) is 11.2. The quantitative estimate of drug-likeness (QED) is 0.250. The Kier molecular flexibility index (Phi) is 9.03. The van der Waals surface area contributed by atoms with Gasteiger partial charge in [-0.1, -0.05) is 54.1 Å². The van der Waals surface area contributed by atoms with E-state index in [4.69, 9.17) is 16.3 Å². The van der Waals surface area contributed by atoms with Gasteiger partial charge in [-0.3, -0.25) is 4.79 Å². The molecule has 3 aromatic carbocycles. The van der Waals surface area contributed by atoms with E-state index < -0.39 is 17.7 Å². The molecule has 41 heavy (non-hydrogen) atoms. The highest BCUT2D eigenvalue weighted by Gasteiger charge is 2.21. The summed E-state index contributed by atoms with van der Waals surface area (Å²) in [7, 11) is 1.70. The van der Waals surface area contributed by atoms with Gasteiger partial charge in [0, 0.05) is 47.5 Å². The zero-order chi connectivity index (χ0) is 29.7. The number of hydrogen-bond donors (Lipinski definition) is 2. The summed E-state index contributed by atoms with van der Waals surface area (Å²) in [6.07, 6.45) is -0.396. The van der Waals surface area contributed by atoms with Gasteiger partial charge in [0.25, 0.3) is 5.56 Å². The van der Waals surface area contributed by atoms with E-state index in [9.17, 15) is 14.4 Å². The molecule has 9 heteroatoms.